The van der Waals surface area contributed by atoms with Crippen molar-refractivity contribution in [3.05, 3.63) is 0 Å². The molecule has 6 nitrogen and oxygen atoms in total. The lowest BCUT2D eigenvalue weighted by Crippen LogP contribution is -2.48. The first kappa shape index (κ1) is 15.6. The highest BCUT2D eigenvalue weighted by Crippen LogP contribution is 2.31. The molecular weight excluding hydrogens is 250 g/mol. The average molecular weight is 271 g/mol. The maximum Gasteiger partial charge on any atom is 0.324 e. The number of Topliss-reactive ketones (excluding diaryl/α,β-unsaturated/α-hetero) is 1. The van der Waals surface area contributed by atoms with Crippen LogP contribution in [0.1, 0.15) is 33.6 Å². The fourth-order valence-electron chi connectivity index (χ4n) is 1.84. The van der Waals surface area contributed by atoms with Crippen LogP contribution < -0.4 is 5.32 Å². The Morgan fingerprint density at radius 1 is 1.21 bits per heavy atom. The molecule has 1 aliphatic rings. The molecule has 19 heavy (non-hydrogen) atoms. The average Bonchev–Trinajstić information content (AvgIpc) is 2.34. The Kier molecular flexibility index (Phi) is 4.68. The number of rotatable bonds is 4. The van der Waals surface area contributed by atoms with E-state index in [1.807, 2.05) is 0 Å². The lowest BCUT2D eigenvalue weighted by Gasteiger charge is -2.31. The van der Waals surface area contributed by atoms with Gasteiger partial charge < -0.3 is 15.2 Å². The number of esters is 1. The summed E-state index contributed by atoms with van der Waals surface area (Å²) < 4.78 is 4.94. The summed E-state index contributed by atoms with van der Waals surface area (Å²) in [6, 6.07) is 0. The summed E-state index contributed by atoms with van der Waals surface area (Å²) in [5, 5.41) is 12.3. The smallest absolute Gasteiger partial charge is 0.324 e. The van der Waals surface area contributed by atoms with Crippen LogP contribution in [-0.4, -0.2) is 42.5 Å². The summed E-state index contributed by atoms with van der Waals surface area (Å²) in [5.74, 6) is -2.21. The van der Waals surface area contributed by atoms with Gasteiger partial charge in [-0.1, -0.05) is 20.8 Å². The number of hydrogen-bond donors (Lipinski definition) is 2. The number of ether oxygens (including phenoxy) is 1. The Labute approximate surface area is 112 Å². The van der Waals surface area contributed by atoms with Gasteiger partial charge in [0.15, 0.2) is 17.8 Å². The summed E-state index contributed by atoms with van der Waals surface area (Å²) >= 11 is 0. The topological polar surface area (TPSA) is 92.7 Å². The first-order valence-electron chi connectivity index (χ1n) is 6.35. The summed E-state index contributed by atoms with van der Waals surface area (Å²) in [7, 11) is 0. The van der Waals surface area contributed by atoms with E-state index >= 15 is 0 Å². The van der Waals surface area contributed by atoms with Crippen LogP contribution in [0.15, 0.2) is 0 Å². The molecule has 0 amide bonds. The number of piperidine rings is 1. The monoisotopic (exact) mass is 271 g/mol. The van der Waals surface area contributed by atoms with E-state index in [1.54, 1.807) is 20.8 Å². The molecule has 0 atom stereocenters. The van der Waals surface area contributed by atoms with Crippen molar-refractivity contribution in [3.63, 3.8) is 0 Å². The lowest BCUT2D eigenvalue weighted by molar-refractivity contribution is -0.172. The molecule has 0 aromatic rings. The van der Waals surface area contributed by atoms with Gasteiger partial charge in [0.25, 0.3) is 0 Å². The van der Waals surface area contributed by atoms with Gasteiger partial charge >= 0.3 is 11.9 Å². The highest BCUT2D eigenvalue weighted by atomic mass is 16.5. The van der Waals surface area contributed by atoms with E-state index < -0.39 is 22.8 Å². The SMILES string of the molecule is CC(C)(C)C(=O)COC(=O)C1(C(=O)O)CCNCC1. The van der Waals surface area contributed by atoms with Gasteiger partial charge in [0, 0.05) is 5.41 Å². The van der Waals surface area contributed by atoms with Crippen LogP contribution in [0, 0.1) is 10.8 Å². The van der Waals surface area contributed by atoms with Crippen LogP contribution in [0.5, 0.6) is 0 Å². The first-order chi connectivity index (χ1) is 8.70. The molecule has 108 valence electrons. The van der Waals surface area contributed by atoms with Crippen LogP contribution in [0.4, 0.5) is 0 Å². The summed E-state index contributed by atoms with van der Waals surface area (Å²) in [6.07, 6.45) is 0.371. The zero-order valence-electron chi connectivity index (χ0n) is 11.6. The second-order valence-corrected chi connectivity index (χ2v) is 5.89. The fourth-order valence-corrected chi connectivity index (χ4v) is 1.84. The highest BCUT2D eigenvalue weighted by Gasteiger charge is 2.48. The number of ketones is 1. The Morgan fingerprint density at radius 2 is 1.74 bits per heavy atom. The molecule has 0 radical (unpaired) electrons. The maximum absolute atomic E-state index is 12.0. The first-order valence-corrected chi connectivity index (χ1v) is 6.35. The number of carboxylic acids is 1. The molecule has 0 spiro atoms. The zero-order valence-corrected chi connectivity index (χ0v) is 11.6. The van der Waals surface area contributed by atoms with Crippen LogP contribution in [0.2, 0.25) is 0 Å². The van der Waals surface area contributed by atoms with Gasteiger partial charge in [0.1, 0.15) is 0 Å². The van der Waals surface area contributed by atoms with Crippen molar-refractivity contribution in [1.82, 2.24) is 5.32 Å². The standard InChI is InChI=1S/C13H21NO5/c1-12(2,3)9(15)8-19-11(18)13(10(16)17)4-6-14-7-5-13/h14H,4-8H2,1-3H3,(H,16,17). The molecule has 1 heterocycles. The highest BCUT2D eigenvalue weighted by molar-refractivity contribution is 6.00. The van der Waals surface area contributed by atoms with Crippen LogP contribution in [0.3, 0.4) is 0 Å². The minimum absolute atomic E-state index is 0.185. The molecule has 1 saturated heterocycles. The quantitative estimate of drug-likeness (QED) is 0.574. The maximum atomic E-state index is 12.0. The van der Waals surface area contributed by atoms with Gasteiger partial charge in [0.05, 0.1) is 0 Å². The molecule has 0 bridgehead atoms. The van der Waals surface area contributed by atoms with Crippen molar-refractivity contribution in [2.24, 2.45) is 10.8 Å². The summed E-state index contributed by atoms with van der Waals surface area (Å²) in [4.78, 5) is 35.0. The number of hydrogen-bond acceptors (Lipinski definition) is 5. The third-order valence-electron chi connectivity index (χ3n) is 3.43. The molecule has 0 unspecified atom stereocenters. The van der Waals surface area contributed by atoms with Crippen molar-refractivity contribution in [2.45, 2.75) is 33.6 Å². The third kappa shape index (κ3) is 3.53. The zero-order chi connectivity index (χ0) is 14.7. The third-order valence-corrected chi connectivity index (χ3v) is 3.43. The van der Waals surface area contributed by atoms with Gasteiger partial charge in [-0.05, 0) is 25.9 Å². The molecule has 0 saturated carbocycles. The van der Waals surface area contributed by atoms with Crippen molar-refractivity contribution in [3.8, 4) is 0 Å². The van der Waals surface area contributed by atoms with Crippen molar-refractivity contribution >= 4 is 17.7 Å². The van der Waals surface area contributed by atoms with E-state index in [9.17, 15) is 19.5 Å². The van der Waals surface area contributed by atoms with Gasteiger partial charge in [-0.2, -0.15) is 0 Å². The predicted molar refractivity (Wildman–Crippen MR) is 67.6 cm³/mol. The van der Waals surface area contributed by atoms with Crippen molar-refractivity contribution in [1.29, 1.82) is 0 Å². The predicted octanol–water partition coefficient (Wildman–Crippen LogP) is 0.599. The van der Waals surface area contributed by atoms with E-state index in [0.717, 1.165) is 0 Å². The normalized spacial score (nSPS) is 18.7. The number of carbonyl (C=O) groups excluding carboxylic acids is 2. The van der Waals surface area contributed by atoms with Gasteiger partial charge in [-0.25, -0.2) is 0 Å². The van der Waals surface area contributed by atoms with Crippen LogP contribution in [-0.2, 0) is 19.1 Å². The number of nitrogens with one attached hydrogen (secondary N) is 1. The Bertz CT molecular complexity index is 377. The lowest BCUT2D eigenvalue weighted by atomic mass is 9.79. The molecule has 0 aromatic heterocycles. The van der Waals surface area contributed by atoms with Crippen LogP contribution >= 0.6 is 0 Å². The molecule has 0 aliphatic carbocycles. The number of carbonyl (C=O) groups is 3. The summed E-state index contributed by atoms with van der Waals surface area (Å²) in [6.45, 7) is 5.70. The van der Waals surface area contributed by atoms with Crippen molar-refractivity contribution in [2.75, 3.05) is 19.7 Å². The second-order valence-electron chi connectivity index (χ2n) is 5.89. The Morgan fingerprint density at radius 3 is 2.16 bits per heavy atom. The number of carboxylic acid groups (broad SMARTS) is 1. The Hall–Kier alpha value is -1.43. The van der Waals surface area contributed by atoms with E-state index in [2.05, 4.69) is 5.32 Å². The molecule has 0 aromatic carbocycles. The van der Waals surface area contributed by atoms with E-state index in [4.69, 9.17) is 4.74 Å². The van der Waals surface area contributed by atoms with Crippen molar-refractivity contribution < 1.29 is 24.2 Å². The minimum Gasteiger partial charge on any atom is -0.480 e. The Balaban J connectivity index is 2.69. The minimum atomic E-state index is -1.51. The van der Waals surface area contributed by atoms with E-state index in [0.29, 0.717) is 13.1 Å². The summed E-state index contributed by atoms with van der Waals surface area (Å²) in [5.41, 5.74) is -2.12. The molecule has 1 rings (SSSR count). The fraction of sp³-hybridized carbons (Fsp3) is 0.769. The van der Waals surface area contributed by atoms with E-state index in [-0.39, 0.29) is 25.2 Å². The molecule has 1 aliphatic heterocycles. The van der Waals surface area contributed by atoms with Gasteiger partial charge in [-0.15, -0.1) is 0 Å². The van der Waals surface area contributed by atoms with Gasteiger partial charge in [0.2, 0.25) is 0 Å². The van der Waals surface area contributed by atoms with Crippen LogP contribution in [0.25, 0.3) is 0 Å². The van der Waals surface area contributed by atoms with Gasteiger partial charge in [-0.3, -0.25) is 14.4 Å². The largest absolute Gasteiger partial charge is 0.480 e. The molecule has 2 N–H and O–H groups in total. The molecule has 6 heteroatoms. The second kappa shape index (κ2) is 5.69. The number of aliphatic carboxylic acids is 1. The molecule has 1 fully saturated rings. The van der Waals surface area contributed by atoms with E-state index in [1.165, 1.54) is 0 Å². The molecular formula is C13H21NO5.